The summed E-state index contributed by atoms with van der Waals surface area (Å²) in [5.41, 5.74) is 0.677. The Bertz CT molecular complexity index is 614. The number of hydrogen-bond donors (Lipinski definition) is 2. The first-order valence-electron chi connectivity index (χ1n) is 8.09. The largest absolute Gasteiger partial charge is 0.382 e. The molecule has 2 aromatic heterocycles. The second-order valence-electron chi connectivity index (χ2n) is 4.96. The Labute approximate surface area is 141 Å². The minimum atomic E-state index is 0.434. The number of nitrogens with zero attached hydrogens (tertiary/aromatic N) is 4. The molecule has 0 saturated heterocycles. The number of rotatable bonds is 9. The lowest BCUT2D eigenvalue weighted by Gasteiger charge is -2.10. The van der Waals surface area contributed by atoms with Gasteiger partial charge >= 0.3 is 0 Å². The summed E-state index contributed by atoms with van der Waals surface area (Å²) < 4.78 is 10.5. The van der Waals surface area contributed by atoms with Gasteiger partial charge in [-0.1, -0.05) is 11.2 Å². The Kier molecular flexibility index (Phi) is 7.69. The fraction of sp³-hybridized carbons (Fsp3) is 0.500. The van der Waals surface area contributed by atoms with Gasteiger partial charge in [-0.05, 0) is 25.5 Å². The third-order valence-corrected chi connectivity index (χ3v) is 3.18. The molecule has 2 rings (SSSR count). The fourth-order valence-electron chi connectivity index (χ4n) is 1.99. The standard InChI is InChI=1S/C16H24N6O2/c1-3-23-12-6-10-19-16(17-2)20-11-8-14-21-15(24-22-14)13-7-4-5-9-18-13/h4-5,7,9H,3,6,8,10-12H2,1-2H3,(H2,17,19,20). The van der Waals surface area contributed by atoms with E-state index >= 15 is 0 Å². The Morgan fingerprint density at radius 1 is 1.29 bits per heavy atom. The number of pyridine rings is 1. The van der Waals surface area contributed by atoms with Crippen LogP contribution in [0, 0.1) is 0 Å². The highest BCUT2D eigenvalue weighted by Gasteiger charge is 2.09. The summed E-state index contributed by atoms with van der Waals surface area (Å²) in [7, 11) is 1.74. The van der Waals surface area contributed by atoms with Gasteiger partial charge in [0.05, 0.1) is 0 Å². The molecule has 2 N–H and O–H groups in total. The summed E-state index contributed by atoms with van der Waals surface area (Å²) in [6.45, 7) is 4.96. The molecule has 0 aliphatic rings. The van der Waals surface area contributed by atoms with Gasteiger partial charge in [-0.3, -0.25) is 9.98 Å². The molecule has 0 fully saturated rings. The van der Waals surface area contributed by atoms with Crippen LogP contribution in [0.4, 0.5) is 0 Å². The van der Waals surface area contributed by atoms with E-state index in [2.05, 4.69) is 30.8 Å². The fourth-order valence-corrected chi connectivity index (χ4v) is 1.99. The lowest BCUT2D eigenvalue weighted by molar-refractivity contribution is 0.145. The van der Waals surface area contributed by atoms with Crippen LogP contribution in [0.1, 0.15) is 19.2 Å². The number of nitrogens with one attached hydrogen (secondary N) is 2. The van der Waals surface area contributed by atoms with Crippen LogP contribution in [0.25, 0.3) is 11.6 Å². The molecule has 130 valence electrons. The molecule has 0 atom stereocenters. The van der Waals surface area contributed by atoms with Crippen LogP contribution in [0.5, 0.6) is 0 Å². The maximum atomic E-state index is 5.29. The molecular weight excluding hydrogens is 308 g/mol. The molecular formula is C16H24N6O2. The van der Waals surface area contributed by atoms with E-state index in [4.69, 9.17) is 9.26 Å². The second-order valence-corrected chi connectivity index (χ2v) is 4.96. The van der Waals surface area contributed by atoms with E-state index in [1.165, 1.54) is 0 Å². The first-order valence-corrected chi connectivity index (χ1v) is 8.09. The first kappa shape index (κ1) is 17.9. The normalized spacial score (nSPS) is 11.5. The van der Waals surface area contributed by atoms with Crippen molar-refractivity contribution < 1.29 is 9.26 Å². The van der Waals surface area contributed by atoms with Crippen LogP contribution >= 0.6 is 0 Å². The van der Waals surface area contributed by atoms with E-state index in [-0.39, 0.29) is 0 Å². The van der Waals surface area contributed by atoms with Gasteiger partial charge in [0.2, 0.25) is 0 Å². The highest BCUT2D eigenvalue weighted by Crippen LogP contribution is 2.12. The van der Waals surface area contributed by atoms with Crippen LogP contribution in [-0.4, -0.2) is 54.4 Å². The SMILES string of the molecule is CCOCCCNC(=NC)NCCc1noc(-c2ccccn2)n1. The van der Waals surface area contributed by atoms with Crippen LogP contribution in [0.15, 0.2) is 33.9 Å². The summed E-state index contributed by atoms with van der Waals surface area (Å²) in [5, 5.41) is 10.4. The number of aliphatic imine (C=N–C) groups is 1. The molecule has 0 aliphatic heterocycles. The van der Waals surface area contributed by atoms with E-state index in [0.717, 1.165) is 32.1 Å². The zero-order valence-electron chi connectivity index (χ0n) is 14.2. The summed E-state index contributed by atoms with van der Waals surface area (Å²) in [4.78, 5) is 12.7. The van der Waals surface area contributed by atoms with Gasteiger partial charge < -0.3 is 19.9 Å². The topological polar surface area (TPSA) is 97.5 Å². The van der Waals surface area contributed by atoms with Crippen molar-refractivity contribution in [3.63, 3.8) is 0 Å². The molecule has 0 radical (unpaired) electrons. The van der Waals surface area contributed by atoms with Crippen molar-refractivity contribution in [2.24, 2.45) is 4.99 Å². The first-order chi connectivity index (χ1) is 11.8. The third-order valence-electron chi connectivity index (χ3n) is 3.18. The Morgan fingerprint density at radius 3 is 2.92 bits per heavy atom. The van der Waals surface area contributed by atoms with E-state index in [1.54, 1.807) is 13.2 Å². The van der Waals surface area contributed by atoms with E-state index in [0.29, 0.717) is 30.4 Å². The summed E-state index contributed by atoms with van der Waals surface area (Å²) in [5.74, 6) is 1.82. The molecule has 0 amide bonds. The van der Waals surface area contributed by atoms with Crippen molar-refractivity contribution in [3.05, 3.63) is 30.2 Å². The van der Waals surface area contributed by atoms with Crippen LogP contribution in [0.3, 0.4) is 0 Å². The average molecular weight is 332 g/mol. The molecule has 2 aromatic rings. The van der Waals surface area contributed by atoms with E-state index < -0.39 is 0 Å². The van der Waals surface area contributed by atoms with Crippen molar-refractivity contribution in [2.45, 2.75) is 19.8 Å². The molecule has 0 aromatic carbocycles. The minimum absolute atomic E-state index is 0.434. The summed E-state index contributed by atoms with van der Waals surface area (Å²) in [6, 6.07) is 5.57. The monoisotopic (exact) mass is 332 g/mol. The number of guanidine groups is 1. The van der Waals surface area contributed by atoms with Gasteiger partial charge in [0.25, 0.3) is 5.89 Å². The number of ether oxygens (including phenoxy) is 1. The molecule has 0 aliphatic carbocycles. The Morgan fingerprint density at radius 2 is 2.17 bits per heavy atom. The number of aromatic nitrogens is 3. The molecule has 0 saturated carbocycles. The van der Waals surface area contributed by atoms with Gasteiger partial charge in [-0.2, -0.15) is 4.98 Å². The van der Waals surface area contributed by atoms with Gasteiger partial charge in [0.15, 0.2) is 11.8 Å². The molecule has 0 spiro atoms. The van der Waals surface area contributed by atoms with Gasteiger partial charge in [0, 0.05) is 46.0 Å². The zero-order valence-corrected chi connectivity index (χ0v) is 14.2. The van der Waals surface area contributed by atoms with Gasteiger partial charge in [-0.25, -0.2) is 0 Å². The van der Waals surface area contributed by atoms with Crippen molar-refractivity contribution in [1.29, 1.82) is 0 Å². The molecule has 24 heavy (non-hydrogen) atoms. The quantitative estimate of drug-likeness (QED) is 0.405. The van der Waals surface area contributed by atoms with Crippen molar-refractivity contribution in [1.82, 2.24) is 25.8 Å². The molecule has 0 bridgehead atoms. The predicted octanol–water partition coefficient (Wildman–Crippen LogP) is 1.27. The summed E-state index contributed by atoms with van der Waals surface area (Å²) >= 11 is 0. The second kappa shape index (κ2) is 10.3. The zero-order chi connectivity index (χ0) is 17.0. The van der Waals surface area contributed by atoms with Crippen molar-refractivity contribution >= 4 is 5.96 Å². The molecule has 8 nitrogen and oxygen atoms in total. The highest BCUT2D eigenvalue weighted by molar-refractivity contribution is 5.79. The average Bonchev–Trinajstić information content (AvgIpc) is 3.09. The van der Waals surface area contributed by atoms with Gasteiger partial charge in [-0.15, -0.1) is 0 Å². The Balaban J connectivity index is 1.70. The summed E-state index contributed by atoms with van der Waals surface area (Å²) in [6.07, 6.45) is 3.27. The smallest absolute Gasteiger partial charge is 0.276 e. The third kappa shape index (κ3) is 5.96. The maximum absolute atomic E-state index is 5.29. The lowest BCUT2D eigenvalue weighted by atomic mass is 10.3. The van der Waals surface area contributed by atoms with Gasteiger partial charge in [0.1, 0.15) is 5.69 Å². The Hall–Kier alpha value is -2.48. The maximum Gasteiger partial charge on any atom is 0.276 e. The predicted molar refractivity (Wildman–Crippen MR) is 91.7 cm³/mol. The van der Waals surface area contributed by atoms with Crippen molar-refractivity contribution in [3.8, 4) is 11.6 Å². The minimum Gasteiger partial charge on any atom is -0.382 e. The van der Waals surface area contributed by atoms with Crippen molar-refractivity contribution in [2.75, 3.05) is 33.4 Å². The van der Waals surface area contributed by atoms with E-state index in [1.807, 2.05) is 25.1 Å². The lowest BCUT2D eigenvalue weighted by Crippen LogP contribution is -2.39. The molecule has 2 heterocycles. The van der Waals surface area contributed by atoms with Crippen LogP contribution < -0.4 is 10.6 Å². The highest BCUT2D eigenvalue weighted by atomic mass is 16.5. The molecule has 0 unspecified atom stereocenters. The van der Waals surface area contributed by atoms with Crippen LogP contribution in [0.2, 0.25) is 0 Å². The van der Waals surface area contributed by atoms with E-state index in [9.17, 15) is 0 Å². The molecule has 8 heteroatoms. The number of hydrogen-bond acceptors (Lipinski definition) is 6. The van der Waals surface area contributed by atoms with Crippen LogP contribution in [-0.2, 0) is 11.2 Å².